The van der Waals surface area contributed by atoms with Crippen LogP contribution in [0.4, 0.5) is 0 Å². The Kier molecular flexibility index (Phi) is 10.6. The number of carboxylic acids is 1. The van der Waals surface area contributed by atoms with Gasteiger partial charge in [-0.05, 0) is 59.4 Å². The lowest BCUT2D eigenvalue weighted by molar-refractivity contribution is -0.137. The molecule has 1 N–H and O–H groups in total. The van der Waals surface area contributed by atoms with Crippen LogP contribution < -0.4 is 4.74 Å². The van der Waals surface area contributed by atoms with E-state index in [1.54, 1.807) is 6.07 Å². The van der Waals surface area contributed by atoms with E-state index in [1.165, 1.54) is 10.5 Å². The van der Waals surface area contributed by atoms with E-state index in [1.807, 2.05) is 36.4 Å². The Hall–Kier alpha value is -3.24. The van der Waals surface area contributed by atoms with E-state index in [9.17, 15) is 14.7 Å². The number of halogens is 1. The Labute approximate surface area is 255 Å². The minimum atomic E-state index is -1.07. The Morgan fingerprint density at radius 1 is 0.905 bits per heavy atom. The number of aliphatic carboxylic acids is 1. The van der Waals surface area contributed by atoms with Gasteiger partial charge in [0, 0.05) is 55.3 Å². The smallest absolute Gasteiger partial charge is 0.323 e. The number of amides is 1. The number of carbonyl (C=O) groups is 2. The van der Waals surface area contributed by atoms with Crippen molar-refractivity contribution in [2.45, 2.75) is 38.4 Å². The van der Waals surface area contributed by atoms with Crippen molar-refractivity contribution in [1.82, 2.24) is 9.80 Å². The number of benzene rings is 3. The van der Waals surface area contributed by atoms with E-state index in [0.717, 1.165) is 60.3 Å². The summed E-state index contributed by atoms with van der Waals surface area (Å²) in [7, 11) is 0. The first-order valence-corrected chi connectivity index (χ1v) is 15.2. The molecule has 5 rings (SSSR count). The standard InChI is InChI=1S/C33H37BrN2O6/c34-30-7-2-1-6-27(30)22-36(23-32(37)38)33(39)26-8-9-31-28(20-26)19-24-4-3-5-25(18-24)21-35(12-15-41-16-17-42-31)29-10-13-40-14-11-29/h1-9,18,20,29H,10-17,19,21-23H2,(H,37,38). The fourth-order valence-electron chi connectivity index (χ4n) is 5.60. The normalized spacial score (nSPS) is 17.0. The number of rotatable bonds is 6. The van der Waals surface area contributed by atoms with Crippen molar-refractivity contribution >= 4 is 27.8 Å². The highest BCUT2D eigenvalue weighted by Crippen LogP contribution is 2.27. The Morgan fingerprint density at radius 3 is 2.50 bits per heavy atom. The molecule has 2 aliphatic rings. The fourth-order valence-corrected chi connectivity index (χ4v) is 6.01. The molecule has 8 nitrogen and oxygen atoms in total. The third-order valence-electron chi connectivity index (χ3n) is 7.73. The number of carbonyl (C=O) groups excluding carboxylic acids is 1. The number of hydrogen-bond donors (Lipinski definition) is 1. The van der Waals surface area contributed by atoms with Crippen molar-refractivity contribution in [3.63, 3.8) is 0 Å². The Morgan fingerprint density at radius 2 is 1.69 bits per heavy atom. The first kappa shape index (κ1) is 30.2. The lowest BCUT2D eigenvalue weighted by Crippen LogP contribution is -2.41. The van der Waals surface area contributed by atoms with Crippen molar-refractivity contribution in [3.8, 4) is 5.75 Å². The van der Waals surface area contributed by atoms with Gasteiger partial charge in [0.25, 0.3) is 5.91 Å². The topological polar surface area (TPSA) is 88.5 Å². The molecule has 2 heterocycles. The molecule has 3 aromatic carbocycles. The van der Waals surface area contributed by atoms with Crippen molar-refractivity contribution < 1.29 is 28.9 Å². The zero-order chi connectivity index (χ0) is 29.3. The van der Waals surface area contributed by atoms with Crippen molar-refractivity contribution in [2.75, 3.05) is 46.1 Å². The monoisotopic (exact) mass is 636 g/mol. The molecule has 2 bridgehead atoms. The predicted octanol–water partition coefficient (Wildman–Crippen LogP) is 5.16. The highest BCUT2D eigenvalue weighted by atomic mass is 79.9. The van der Waals surface area contributed by atoms with E-state index in [4.69, 9.17) is 14.2 Å². The van der Waals surface area contributed by atoms with E-state index in [-0.39, 0.29) is 12.5 Å². The molecule has 0 atom stereocenters. The van der Waals surface area contributed by atoms with E-state index in [2.05, 4.69) is 45.1 Å². The average Bonchev–Trinajstić information content (AvgIpc) is 2.99. The maximum atomic E-state index is 13.7. The molecule has 0 saturated carbocycles. The molecule has 0 unspecified atom stereocenters. The summed E-state index contributed by atoms with van der Waals surface area (Å²) in [5.74, 6) is -0.722. The molecule has 1 saturated heterocycles. The van der Waals surface area contributed by atoms with Crippen LogP contribution in [0, 0.1) is 0 Å². The first-order chi connectivity index (χ1) is 20.5. The third-order valence-corrected chi connectivity index (χ3v) is 8.50. The zero-order valence-corrected chi connectivity index (χ0v) is 25.3. The molecule has 42 heavy (non-hydrogen) atoms. The van der Waals surface area contributed by atoms with Gasteiger partial charge in [-0.2, -0.15) is 0 Å². The second-order valence-electron chi connectivity index (χ2n) is 10.7. The minimum absolute atomic E-state index is 0.170. The summed E-state index contributed by atoms with van der Waals surface area (Å²) >= 11 is 3.51. The first-order valence-electron chi connectivity index (χ1n) is 14.4. The molecule has 1 fully saturated rings. The zero-order valence-electron chi connectivity index (χ0n) is 23.7. The largest absolute Gasteiger partial charge is 0.491 e. The Balaban J connectivity index is 1.41. The van der Waals surface area contributed by atoms with E-state index < -0.39 is 12.5 Å². The fraction of sp³-hybridized carbons (Fsp3) is 0.394. The van der Waals surface area contributed by atoms with Crippen LogP contribution in [0.1, 0.15) is 45.5 Å². The van der Waals surface area contributed by atoms with E-state index in [0.29, 0.717) is 43.6 Å². The lowest BCUT2D eigenvalue weighted by Gasteiger charge is -2.34. The van der Waals surface area contributed by atoms with Crippen LogP contribution >= 0.6 is 15.9 Å². The van der Waals surface area contributed by atoms with Crippen LogP contribution in [0.3, 0.4) is 0 Å². The molecule has 0 radical (unpaired) electrons. The maximum Gasteiger partial charge on any atom is 0.323 e. The summed E-state index contributed by atoms with van der Waals surface area (Å²) in [5.41, 5.74) is 4.47. The molecular formula is C33H37BrN2O6. The minimum Gasteiger partial charge on any atom is -0.491 e. The van der Waals surface area contributed by atoms with Crippen LogP contribution in [-0.4, -0.2) is 78.9 Å². The molecule has 0 spiro atoms. The summed E-state index contributed by atoms with van der Waals surface area (Å²) in [6.45, 7) is 4.51. The second kappa shape index (κ2) is 14.8. The molecule has 222 valence electrons. The molecule has 0 aromatic heterocycles. The van der Waals surface area contributed by atoms with Gasteiger partial charge in [-0.3, -0.25) is 14.5 Å². The highest BCUT2D eigenvalue weighted by molar-refractivity contribution is 9.10. The molecule has 0 aliphatic carbocycles. The van der Waals surface area contributed by atoms with Gasteiger partial charge in [0.1, 0.15) is 18.9 Å². The number of nitrogens with zero attached hydrogens (tertiary/aromatic N) is 2. The van der Waals surface area contributed by atoms with Gasteiger partial charge in [0.2, 0.25) is 0 Å². The molecule has 1 amide bonds. The van der Waals surface area contributed by atoms with Crippen molar-refractivity contribution in [2.24, 2.45) is 0 Å². The number of hydrogen-bond acceptors (Lipinski definition) is 6. The number of fused-ring (bicyclic) bond motifs is 3. The van der Waals surface area contributed by atoms with Crippen LogP contribution in [-0.2, 0) is 33.8 Å². The SMILES string of the molecule is O=C(O)CN(Cc1ccccc1Br)C(=O)c1ccc2c(c1)Cc1cccc(c1)CN(C1CCOCC1)CCOCCO2. The van der Waals surface area contributed by atoms with Gasteiger partial charge < -0.3 is 24.2 Å². The van der Waals surface area contributed by atoms with Gasteiger partial charge in [0.15, 0.2) is 0 Å². The van der Waals surface area contributed by atoms with Crippen molar-refractivity contribution in [1.29, 1.82) is 0 Å². The summed E-state index contributed by atoms with van der Waals surface area (Å²) in [5, 5.41) is 9.57. The summed E-state index contributed by atoms with van der Waals surface area (Å²) in [6, 6.07) is 21.9. The van der Waals surface area contributed by atoms with Gasteiger partial charge in [-0.1, -0.05) is 58.4 Å². The van der Waals surface area contributed by atoms with Gasteiger partial charge in [-0.15, -0.1) is 0 Å². The molecule has 2 aliphatic heterocycles. The van der Waals surface area contributed by atoms with Crippen LogP contribution in [0.15, 0.2) is 71.2 Å². The van der Waals surface area contributed by atoms with Gasteiger partial charge >= 0.3 is 5.97 Å². The summed E-state index contributed by atoms with van der Waals surface area (Å²) in [4.78, 5) is 29.2. The average molecular weight is 638 g/mol. The lowest BCUT2D eigenvalue weighted by atomic mass is 9.99. The van der Waals surface area contributed by atoms with Crippen LogP contribution in [0.2, 0.25) is 0 Å². The van der Waals surface area contributed by atoms with Crippen molar-refractivity contribution in [3.05, 3.63) is 99.0 Å². The predicted molar refractivity (Wildman–Crippen MR) is 163 cm³/mol. The van der Waals surface area contributed by atoms with Gasteiger partial charge in [-0.25, -0.2) is 0 Å². The highest BCUT2D eigenvalue weighted by Gasteiger charge is 2.23. The molecular weight excluding hydrogens is 600 g/mol. The Bertz CT molecular complexity index is 1380. The quantitative estimate of drug-likeness (QED) is 0.400. The third kappa shape index (κ3) is 8.19. The number of carboxylic acid groups (broad SMARTS) is 1. The number of ether oxygens (including phenoxy) is 3. The second-order valence-corrected chi connectivity index (χ2v) is 11.6. The molecule has 3 aromatic rings. The van der Waals surface area contributed by atoms with Gasteiger partial charge in [0.05, 0.1) is 13.2 Å². The maximum absolute atomic E-state index is 13.7. The molecule has 9 heteroatoms. The summed E-state index contributed by atoms with van der Waals surface area (Å²) in [6.07, 6.45) is 2.62. The van der Waals surface area contributed by atoms with Crippen LogP contribution in [0.5, 0.6) is 5.75 Å². The summed E-state index contributed by atoms with van der Waals surface area (Å²) < 4.78 is 18.5. The van der Waals surface area contributed by atoms with Crippen LogP contribution in [0.25, 0.3) is 0 Å². The van der Waals surface area contributed by atoms with E-state index >= 15 is 0 Å².